The molecule has 2 amide bonds. The van der Waals surface area contributed by atoms with Crippen molar-refractivity contribution in [2.75, 3.05) is 22.1 Å². The lowest BCUT2D eigenvalue weighted by molar-refractivity contribution is -0.114. The number of benzene rings is 3. The first-order chi connectivity index (χ1) is 14.6. The van der Waals surface area contributed by atoms with Gasteiger partial charge < -0.3 is 15.4 Å². The van der Waals surface area contributed by atoms with E-state index >= 15 is 0 Å². The van der Waals surface area contributed by atoms with Crippen molar-refractivity contribution >= 4 is 35.0 Å². The first kappa shape index (κ1) is 21.5. The molecule has 3 rings (SSSR count). The van der Waals surface area contributed by atoms with Gasteiger partial charge in [-0.2, -0.15) is 0 Å². The maximum atomic E-state index is 12.1. The van der Waals surface area contributed by atoms with Crippen LogP contribution in [0.15, 0.2) is 78.9 Å². The first-order valence-corrected chi connectivity index (χ1v) is 10.7. The standard InChI is InChI=1S/C24H24N2O3S/c1-18-7-9-20(10-8-18)25-23(27)16-30-17-24(28)26-21-11-13-22(14-12-21)29-15-19-5-3-2-4-6-19/h2-14H,15-17H2,1H3,(H,25,27)(H,26,28). The topological polar surface area (TPSA) is 67.4 Å². The van der Waals surface area contributed by atoms with Crippen molar-refractivity contribution in [2.24, 2.45) is 0 Å². The van der Waals surface area contributed by atoms with E-state index in [0.29, 0.717) is 12.3 Å². The Hall–Kier alpha value is -3.25. The van der Waals surface area contributed by atoms with Crippen LogP contribution in [0.4, 0.5) is 11.4 Å². The molecule has 0 saturated heterocycles. The number of hydrogen-bond acceptors (Lipinski definition) is 4. The highest BCUT2D eigenvalue weighted by Crippen LogP contribution is 2.17. The Kier molecular flexibility index (Phi) is 7.92. The van der Waals surface area contributed by atoms with Gasteiger partial charge in [-0.3, -0.25) is 9.59 Å². The van der Waals surface area contributed by atoms with Gasteiger partial charge in [0.15, 0.2) is 0 Å². The SMILES string of the molecule is Cc1ccc(NC(=O)CSCC(=O)Nc2ccc(OCc3ccccc3)cc2)cc1. The molecule has 3 aromatic rings. The van der Waals surface area contributed by atoms with Gasteiger partial charge in [0.25, 0.3) is 0 Å². The molecule has 0 aliphatic rings. The Morgan fingerprint density at radius 3 is 1.87 bits per heavy atom. The van der Waals surface area contributed by atoms with Crippen molar-refractivity contribution in [3.63, 3.8) is 0 Å². The predicted molar refractivity (Wildman–Crippen MR) is 123 cm³/mol. The van der Waals surface area contributed by atoms with Crippen LogP contribution in [0.1, 0.15) is 11.1 Å². The molecule has 5 nitrogen and oxygen atoms in total. The second-order valence-corrected chi connectivity index (χ2v) is 7.74. The van der Waals surface area contributed by atoms with E-state index in [-0.39, 0.29) is 23.3 Å². The minimum Gasteiger partial charge on any atom is -0.489 e. The summed E-state index contributed by atoms with van der Waals surface area (Å²) >= 11 is 1.27. The highest BCUT2D eigenvalue weighted by molar-refractivity contribution is 8.00. The molecule has 0 unspecified atom stereocenters. The van der Waals surface area contributed by atoms with Gasteiger partial charge >= 0.3 is 0 Å². The van der Waals surface area contributed by atoms with E-state index in [2.05, 4.69) is 10.6 Å². The zero-order valence-electron chi connectivity index (χ0n) is 16.8. The van der Waals surface area contributed by atoms with E-state index in [1.54, 1.807) is 12.1 Å². The maximum absolute atomic E-state index is 12.1. The molecule has 6 heteroatoms. The Labute approximate surface area is 180 Å². The maximum Gasteiger partial charge on any atom is 0.234 e. The van der Waals surface area contributed by atoms with Crippen LogP contribution in [0.3, 0.4) is 0 Å². The molecular formula is C24H24N2O3S. The summed E-state index contributed by atoms with van der Waals surface area (Å²) < 4.78 is 5.74. The summed E-state index contributed by atoms with van der Waals surface area (Å²) in [7, 11) is 0. The summed E-state index contributed by atoms with van der Waals surface area (Å²) in [5.41, 5.74) is 3.68. The molecule has 30 heavy (non-hydrogen) atoms. The van der Waals surface area contributed by atoms with Crippen LogP contribution in [0.25, 0.3) is 0 Å². The van der Waals surface area contributed by atoms with Crippen molar-refractivity contribution in [3.8, 4) is 5.75 Å². The van der Waals surface area contributed by atoms with Crippen LogP contribution in [0.5, 0.6) is 5.75 Å². The van der Waals surface area contributed by atoms with E-state index in [1.807, 2.05) is 73.7 Å². The molecule has 0 aliphatic heterocycles. The number of amides is 2. The summed E-state index contributed by atoms with van der Waals surface area (Å²) in [4.78, 5) is 24.1. The van der Waals surface area contributed by atoms with Crippen molar-refractivity contribution in [1.82, 2.24) is 0 Å². The monoisotopic (exact) mass is 420 g/mol. The Morgan fingerprint density at radius 2 is 1.30 bits per heavy atom. The summed E-state index contributed by atoms with van der Waals surface area (Å²) in [6.07, 6.45) is 0. The van der Waals surface area contributed by atoms with E-state index in [4.69, 9.17) is 4.74 Å². The van der Waals surface area contributed by atoms with Crippen LogP contribution in [-0.4, -0.2) is 23.3 Å². The summed E-state index contributed by atoms with van der Waals surface area (Å²) in [5.74, 6) is 0.873. The quantitative estimate of drug-likeness (QED) is 0.517. The summed E-state index contributed by atoms with van der Waals surface area (Å²) in [6.45, 7) is 2.49. The molecule has 0 bridgehead atoms. The zero-order valence-corrected chi connectivity index (χ0v) is 17.6. The molecule has 154 valence electrons. The molecule has 0 fully saturated rings. The molecular weight excluding hydrogens is 396 g/mol. The number of thioether (sulfide) groups is 1. The first-order valence-electron chi connectivity index (χ1n) is 9.59. The van der Waals surface area contributed by atoms with Crippen LogP contribution in [-0.2, 0) is 16.2 Å². The Bertz CT molecular complexity index is 958. The van der Waals surface area contributed by atoms with Gasteiger partial charge in [0.2, 0.25) is 11.8 Å². The summed E-state index contributed by atoms with van der Waals surface area (Å²) in [5, 5.41) is 5.64. The third-order valence-corrected chi connectivity index (χ3v) is 5.12. The second kappa shape index (κ2) is 11.1. The second-order valence-electron chi connectivity index (χ2n) is 6.75. The fourth-order valence-corrected chi connectivity index (χ4v) is 3.26. The van der Waals surface area contributed by atoms with Gasteiger partial charge in [0, 0.05) is 11.4 Å². The largest absolute Gasteiger partial charge is 0.489 e. The van der Waals surface area contributed by atoms with Gasteiger partial charge in [-0.1, -0.05) is 48.0 Å². The number of anilines is 2. The predicted octanol–water partition coefficient (Wildman–Crippen LogP) is 4.88. The molecule has 0 saturated carbocycles. The van der Waals surface area contributed by atoms with Gasteiger partial charge in [0.05, 0.1) is 11.5 Å². The van der Waals surface area contributed by atoms with Gasteiger partial charge in [0.1, 0.15) is 12.4 Å². The minimum absolute atomic E-state index is 0.128. The zero-order chi connectivity index (χ0) is 21.2. The van der Waals surface area contributed by atoms with Gasteiger partial charge in [-0.15, -0.1) is 11.8 Å². The third-order valence-electron chi connectivity index (χ3n) is 4.19. The number of hydrogen-bond donors (Lipinski definition) is 2. The van der Waals surface area contributed by atoms with Crippen LogP contribution in [0.2, 0.25) is 0 Å². The molecule has 0 heterocycles. The molecule has 0 aliphatic carbocycles. The third kappa shape index (κ3) is 7.29. The average Bonchev–Trinajstić information content (AvgIpc) is 2.75. The lowest BCUT2D eigenvalue weighted by atomic mass is 10.2. The number of carbonyl (C=O) groups is 2. The average molecular weight is 421 g/mol. The number of carbonyl (C=O) groups excluding carboxylic acids is 2. The number of rotatable bonds is 9. The Balaban J connectivity index is 1.36. The molecule has 0 spiro atoms. The van der Waals surface area contributed by atoms with Crippen LogP contribution >= 0.6 is 11.8 Å². The smallest absolute Gasteiger partial charge is 0.234 e. The van der Waals surface area contributed by atoms with Gasteiger partial charge in [-0.05, 0) is 48.9 Å². The minimum atomic E-state index is -0.152. The molecule has 0 radical (unpaired) electrons. The normalized spacial score (nSPS) is 10.3. The van der Waals surface area contributed by atoms with Crippen LogP contribution < -0.4 is 15.4 Å². The van der Waals surface area contributed by atoms with Crippen molar-refractivity contribution < 1.29 is 14.3 Å². The van der Waals surface area contributed by atoms with E-state index in [9.17, 15) is 9.59 Å². The van der Waals surface area contributed by atoms with Crippen LogP contribution in [0, 0.1) is 6.92 Å². The molecule has 2 N–H and O–H groups in total. The highest BCUT2D eigenvalue weighted by atomic mass is 32.2. The van der Waals surface area contributed by atoms with E-state index < -0.39 is 0 Å². The lowest BCUT2D eigenvalue weighted by Crippen LogP contribution is -2.18. The number of nitrogens with one attached hydrogen (secondary N) is 2. The fourth-order valence-electron chi connectivity index (χ4n) is 2.64. The van der Waals surface area contributed by atoms with Crippen molar-refractivity contribution in [3.05, 3.63) is 90.0 Å². The van der Waals surface area contributed by atoms with Gasteiger partial charge in [-0.25, -0.2) is 0 Å². The van der Waals surface area contributed by atoms with E-state index in [0.717, 1.165) is 22.6 Å². The Morgan fingerprint density at radius 1 is 0.767 bits per heavy atom. The van der Waals surface area contributed by atoms with E-state index in [1.165, 1.54) is 11.8 Å². The van der Waals surface area contributed by atoms with Crippen molar-refractivity contribution in [1.29, 1.82) is 0 Å². The lowest BCUT2D eigenvalue weighted by Gasteiger charge is -2.09. The highest BCUT2D eigenvalue weighted by Gasteiger charge is 2.07. The summed E-state index contributed by atoms with van der Waals surface area (Å²) in [6, 6.07) is 24.8. The molecule has 0 atom stereocenters. The van der Waals surface area contributed by atoms with Crippen molar-refractivity contribution in [2.45, 2.75) is 13.5 Å². The fraction of sp³-hybridized carbons (Fsp3) is 0.167. The number of aryl methyl sites for hydroxylation is 1. The molecule has 3 aromatic carbocycles. The molecule has 0 aromatic heterocycles. The number of ether oxygens (including phenoxy) is 1.